The second kappa shape index (κ2) is 8.27. The quantitative estimate of drug-likeness (QED) is 0.555. The Morgan fingerprint density at radius 2 is 1.88 bits per heavy atom. The largest absolute Gasteiger partial charge is 0.493 e. The highest BCUT2D eigenvalue weighted by Crippen LogP contribution is 2.38. The number of rotatable bonds is 6. The van der Waals surface area contributed by atoms with Crippen molar-refractivity contribution in [2.75, 3.05) is 14.2 Å². The number of esters is 1. The Bertz CT molecular complexity index is 758. The van der Waals surface area contributed by atoms with E-state index in [-0.39, 0.29) is 11.0 Å². The third kappa shape index (κ3) is 4.01. The highest BCUT2D eigenvalue weighted by molar-refractivity contribution is 8.18. The Morgan fingerprint density at radius 3 is 2.46 bits per heavy atom. The van der Waals surface area contributed by atoms with Crippen LogP contribution < -0.4 is 9.47 Å². The summed E-state index contributed by atoms with van der Waals surface area (Å²) in [6.45, 7) is 5.20. The SMILES string of the molecule is COC(=O)[C@@H](C)N1C(=O)S/C(=C/c2cccc(OC)c2OC(C)C)C1=O. The number of carbonyl (C=O) groups is 3. The number of benzene rings is 1. The summed E-state index contributed by atoms with van der Waals surface area (Å²) in [6.07, 6.45) is 1.46. The molecular weight excluding hydrogens is 358 g/mol. The van der Waals surface area contributed by atoms with E-state index in [2.05, 4.69) is 4.74 Å². The Labute approximate surface area is 156 Å². The van der Waals surface area contributed by atoms with Crippen molar-refractivity contribution in [2.45, 2.75) is 32.9 Å². The fourth-order valence-corrected chi connectivity index (χ4v) is 3.30. The van der Waals surface area contributed by atoms with Gasteiger partial charge in [0, 0.05) is 5.56 Å². The fourth-order valence-electron chi connectivity index (χ4n) is 2.40. The highest BCUT2D eigenvalue weighted by Gasteiger charge is 2.41. The average molecular weight is 379 g/mol. The zero-order valence-electron chi connectivity index (χ0n) is 15.3. The van der Waals surface area contributed by atoms with Crippen LogP contribution in [0, 0.1) is 0 Å². The third-order valence-corrected chi connectivity index (χ3v) is 4.51. The number of carbonyl (C=O) groups excluding carboxylic acids is 3. The molecule has 0 radical (unpaired) electrons. The molecule has 8 heteroatoms. The molecule has 140 valence electrons. The number of amides is 2. The van der Waals surface area contributed by atoms with Crippen LogP contribution in [0.25, 0.3) is 6.08 Å². The lowest BCUT2D eigenvalue weighted by atomic mass is 10.1. The van der Waals surface area contributed by atoms with Crippen LogP contribution in [-0.4, -0.2) is 48.4 Å². The molecule has 0 bridgehead atoms. The Hall–Kier alpha value is -2.48. The maximum Gasteiger partial charge on any atom is 0.328 e. The van der Waals surface area contributed by atoms with Gasteiger partial charge in [-0.1, -0.05) is 12.1 Å². The molecule has 0 unspecified atom stereocenters. The number of methoxy groups -OCH3 is 2. The molecular formula is C18H21NO6S. The molecule has 26 heavy (non-hydrogen) atoms. The molecule has 1 heterocycles. The van der Waals surface area contributed by atoms with Crippen LogP contribution in [0.15, 0.2) is 23.1 Å². The van der Waals surface area contributed by atoms with Gasteiger partial charge in [0.15, 0.2) is 11.5 Å². The van der Waals surface area contributed by atoms with E-state index >= 15 is 0 Å². The summed E-state index contributed by atoms with van der Waals surface area (Å²) in [5.74, 6) is -0.192. The summed E-state index contributed by atoms with van der Waals surface area (Å²) >= 11 is 0.768. The predicted molar refractivity (Wildman–Crippen MR) is 98.0 cm³/mol. The first-order valence-electron chi connectivity index (χ1n) is 7.98. The molecule has 0 saturated carbocycles. The van der Waals surface area contributed by atoms with Gasteiger partial charge in [0.1, 0.15) is 6.04 Å². The van der Waals surface area contributed by atoms with E-state index < -0.39 is 23.2 Å². The number of para-hydroxylation sites is 1. The first-order valence-corrected chi connectivity index (χ1v) is 8.80. The normalized spacial score (nSPS) is 17.0. The number of hydrogen-bond acceptors (Lipinski definition) is 7. The van der Waals surface area contributed by atoms with Crippen molar-refractivity contribution < 1.29 is 28.6 Å². The molecule has 1 aliphatic rings. The summed E-state index contributed by atoms with van der Waals surface area (Å²) in [7, 11) is 2.73. The Kier molecular flexibility index (Phi) is 6.31. The number of hydrogen-bond donors (Lipinski definition) is 0. The van der Waals surface area contributed by atoms with E-state index in [0.29, 0.717) is 17.1 Å². The molecule has 2 amide bonds. The van der Waals surface area contributed by atoms with Crippen LogP contribution in [0.5, 0.6) is 11.5 Å². The van der Waals surface area contributed by atoms with Crippen LogP contribution in [0.3, 0.4) is 0 Å². The standard InChI is InChI=1S/C18H21NO6S/c1-10(2)25-15-12(7-6-8-13(15)23-4)9-14-16(20)19(18(22)26-14)11(3)17(21)24-5/h6-11H,1-5H3/b14-9+/t11-/m1/s1. The van der Waals surface area contributed by atoms with E-state index in [1.165, 1.54) is 21.1 Å². The molecule has 7 nitrogen and oxygen atoms in total. The summed E-state index contributed by atoms with van der Waals surface area (Å²) in [5, 5.41) is -0.520. The zero-order valence-corrected chi connectivity index (χ0v) is 16.1. The smallest absolute Gasteiger partial charge is 0.328 e. The lowest BCUT2D eigenvalue weighted by molar-refractivity contribution is -0.148. The maximum absolute atomic E-state index is 12.6. The van der Waals surface area contributed by atoms with Gasteiger partial charge in [-0.2, -0.15) is 0 Å². The molecule has 0 N–H and O–H groups in total. The summed E-state index contributed by atoms with van der Waals surface area (Å²) in [5.41, 5.74) is 0.606. The van der Waals surface area contributed by atoms with Gasteiger partial charge in [-0.3, -0.25) is 14.5 Å². The predicted octanol–water partition coefficient (Wildman–Crippen LogP) is 3.08. The van der Waals surface area contributed by atoms with Gasteiger partial charge in [-0.25, -0.2) is 4.79 Å². The number of ether oxygens (including phenoxy) is 3. The molecule has 1 aliphatic heterocycles. The van der Waals surface area contributed by atoms with Crippen molar-refractivity contribution in [2.24, 2.45) is 0 Å². The van der Waals surface area contributed by atoms with Gasteiger partial charge in [-0.05, 0) is 44.7 Å². The highest BCUT2D eigenvalue weighted by atomic mass is 32.2. The number of nitrogens with zero attached hydrogens (tertiary/aromatic N) is 1. The van der Waals surface area contributed by atoms with Crippen molar-refractivity contribution in [1.82, 2.24) is 4.90 Å². The second-order valence-electron chi connectivity index (χ2n) is 5.80. The molecule has 2 rings (SSSR count). The van der Waals surface area contributed by atoms with Crippen molar-refractivity contribution >= 4 is 35.0 Å². The minimum Gasteiger partial charge on any atom is -0.493 e. The van der Waals surface area contributed by atoms with Gasteiger partial charge < -0.3 is 14.2 Å². The van der Waals surface area contributed by atoms with Crippen molar-refractivity contribution in [3.63, 3.8) is 0 Å². The van der Waals surface area contributed by atoms with E-state index in [1.807, 2.05) is 13.8 Å². The van der Waals surface area contributed by atoms with E-state index in [9.17, 15) is 14.4 Å². The second-order valence-corrected chi connectivity index (χ2v) is 6.79. The number of imide groups is 1. The van der Waals surface area contributed by atoms with Crippen LogP contribution in [0.4, 0.5) is 4.79 Å². The van der Waals surface area contributed by atoms with Gasteiger partial charge in [0.05, 0.1) is 25.2 Å². The molecule has 1 aromatic rings. The molecule has 1 fully saturated rings. The van der Waals surface area contributed by atoms with Crippen LogP contribution >= 0.6 is 11.8 Å². The molecule has 1 atom stereocenters. The van der Waals surface area contributed by atoms with Crippen LogP contribution in [0.2, 0.25) is 0 Å². The lowest BCUT2D eigenvalue weighted by Gasteiger charge is -2.18. The summed E-state index contributed by atoms with van der Waals surface area (Å²) < 4.78 is 15.7. The first kappa shape index (κ1) is 19.8. The zero-order chi connectivity index (χ0) is 19.4. The fraction of sp³-hybridized carbons (Fsp3) is 0.389. The Morgan fingerprint density at radius 1 is 1.19 bits per heavy atom. The van der Waals surface area contributed by atoms with E-state index in [1.54, 1.807) is 24.3 Å². The van der Waals surface area contributed by atoms with Crippen LogP contribution in [-0.2, 0) is 14.3 Å². The van der Waals surface area contributed by atoms with Gasteiger partial charge in [0.2, 0.25) is 0 Å². The first-order chi connectivity index (χ1) is 12.3. The van der Waals surface area contributed by atoms with E-state index in [4.69, 9.17) is 9.47 Å². The molecule has 0 spiro atoms. The minimum atomic E-state index is -0.991. The maximum atomic E-state index is 12.6. The van der Waals surface area contributed by atoms with Gasteiger partial charge >= 0.3 is 5.97 Å². The number of thioether (sulfide) groups is 1. The average Bonchev–Trinajstić information content (AvgIpc) is 2.88. The van der Waals surface area contributed by atoms with E-state index in [0.717, 1.165) is 16.7 Å². The summed E-state index contributed by atoms with van der Waals surface area (Å²) in [4.78, 5) is 37.6. The van der Waals surface area contributed by atoms with Crippen molar-refractivity contribution in [1.29, 1.82) is 0 Å². The van der Waals surface area contributed by atoms with Crippen LogP contribution in [0.1, 0.15) is 26.3 Å². The molecule has 0 aromatic heterocycles. The lowest BCUT2D eigenvalue weighted by Crippen LogP contribution is -2.42. The minimum absolute atomic E-state index is 0.104. The molecule has 1 saturated heterocycles. The monoisotopic (exact) mass is 379 g/mol. The topological polar surface area (TPSA) is 82.1 Å². The van der Waals surface area contributed by atoms with Crippen molar-refractivity contribution in [3.8, 4) is 11.5 Å². The van der Waals surface area contributed by atoms with Crippen molar-refractivity contribution in [3.05, 3.63) is 28.7 Å². The van der Waals surface area contributed by atoms with Gasteiger partial charge in [0.25, 0.3) is 11.1 Å². The van der Waals surface area contributed by atoms with Gasteiger partial charge in [-0.15, -0.1) is 0 Å². The Balaban J connectivity index is 2.40. The summed E-state index contributed by atoms with van der Waals surface area (Å²) in [6, 6.07) is 4.28. The molecule has 0 aliphatic carbocycles. The molecule has 1 aromatic carbocycles. The third-order valence-electron chi connectivity index (χ3n) is 3.62.